The Balaban J connectivity index is 1.91. The third-order valence-electron chi connectivity index (χ3n) is 5.46. The van der Waals surface area contributed by atoms with Gasteiger partial charge in [0.15, 0.2) is 0 Å². The Morgan fingerprint density at radius 2 is 1.32 bits per heavy atom. The molecule has 2 aromatic carbocycles. The Morgan fingerprint density at radius 3 is 1.79 bits per heavy atom. The van der Waals surface area contributed by atoms with Gasteiger partial charge in [0.05, 0.1) is 6.04 Å². The average Bonchev–Trinajstić information content (AvgIpc) is 2.69. The molecule has 0 aliphatic heterocycles. The molecule has 0 amide bonds. The molecular formula is C26H35NS. The van der Waals surface area contributed by atoms with Crippen LogP contribution < -0.4 is 0 Å². The number of nitrogens with zero attached hydrogens (tertiary/aromatic N) is 1. The van der Waals surface area contributed by atoms with Crippen molar-refractivity contribution in [2.75, 3.05) is 18.8 Å². The second-order valence-electron chi connectivity index (χ2n) is 8.80. The molecule has 1 nitrogen and oxygen atoms in total. The van der Waals surface area contributed by atoms with Crippen LogP contribution in [0.4, 0.5) is 0 Å². The van der Waals surface area contributed by atoms with Gasteiger partial charge in [0.25, 0.3) is 0 Å². The number of hydrogen-bond acceptors (Lipinski definition) is 1. The molecule has 0 spiro atoms. The minimum Gasteiger partial charge on any atom is -0.281 e. The van der Waals surface area contributed by atoms with E-state index in [-0.39, 0.29) is 0 Å². The zero-order valence-corrected chi connectivity index (χ0v) is 18.5. The SMILES string of the molecule is CS(C)(C)C#C[C@@H](C1CCCCC1)N(Cc1ccccc1)Cc1ccccc1. The maximum atomic E-state index is 3.78. The van der Waals surface area contributed by atoms with Gasteiger partial charge < -0.3 is 0 Å². The highest BCUT2D eigenvalue weighted by Crippen LogP contribution is 2.34. The Kier molecular flexibility index (Phi) is 7.65. The summed E-state index contributed by atoms with van der Waals surface area (Å²) in [7, 11) is -0.825. The Hall–Kier alpha value is -1.69. The molecule has 2 aromatic rings. The van der Waals surface area contributed by atoms with Crippen LogP contribution in [0.1, 0.15) is 43.2 Å². The summed E-state index contributed by atoms with van der Waals surface area (Å²) >= 11 is 0. The highest BCUT2D eigenvalue weighted by atomic mass is 32.3. The lowest BCUT2D eigenvalue weighted by Gasteiger charge is -2.36. The normalized spacial score (nSPS) is 17.0. The highest BCUT2D eigenvalue weighted by molar-refractivity contribution is 8.35. The molecule has 0 N–H and O–H groups in total. The van der Waals surface area contributed by atoms with E-state index in [0.717, 1.165) is 13.1 Å². The molecule has 0 radical (unpaired) electrons. The molecule has 1 atom stereocenters. The van der Waals surface area contributed by atoms with E-state index >= 15 is 0 Å². The van der Waals surface area contributed by atoms with Crippen LogP contribution in [0, 0.1) is 17.1 Å². The molecule has 3 rings (SSSR count). The summed E-state index contributed by atoms with van der Waals surface area (Å²) < 4.78 is 0. The maximum absolute atomic E-state index is 3.78. The summed E-state index contributed by atoms with van der Waals surface area (Å²) in [5.41, 5.74) is 2.76. The fourth-order valence-electron chi connectivity index (χ4n) is 4.08. The van der Waals surface area contributed by atoms with E-state index in [2.05, 4.69) is 95.5 Å². The lowest BCUT2D eigenvalue weighted by Crippen LogP contribution is -2.40. The van der Waals surface area contributed by atoms with Crippen LogP contribution in [0.3, 0.4) is 0 Å². The van der Waals surface area contributed by atoms with E-state index < -0.39 is 10.0 Å². The second-order valence-corrected chi connectivity index (χ2v) is 12.7. The molecule has 2 heteroatoms. The summed E-state index contributed by atoms with van der Waals surface area (Å²) in [6.45, 7) is 1.93. The Morgan fingerprint density at radius 1 is 0.821 bits per heavy atom. The zero-order valence-electron chi connectivity index (χ0n) is 17.7. The van der Waals surface area contributed by atoms with Crippen LogP contribution >= 0.6 is 10.0 Å². The summed E-state index contributed by atoms with van der Waals surface area (Å²) in [5, 5.41) is 3.66. The molecule has 150 valence electrons. The van der Waals surface area contributed by atoms with Crippen molar-refractivity contribution in [2.24, 2.45) is 5.92 Å². The van der Waals surface area contributed by atoms with Crippen molar-refractivity contribution >= 4 is 10.0 Å². The van der Waals surface area contributed by atoms with Gasteiger partial charge in [-0.15, -0.1) is 0 Å². The molecule has 0 unspecified atom stereocenters. The van der Waals surface area contributed by atoms with E-state index in [4.69, 9.17) is 0 Å². The van der Waals surface area contributed by atoms with Gasteiger partial charge in [-0.2, -0.15) is 10.0 Å². The van der Waals surface area contributed by atoms with Gasteiger partial charge in [-0.25, -0.2) is 0 Å². The summed E-state index contributed by atoms with van der Waals surface area (Å²) in [4.78, 5) is 2.64. The van der Waals surface area contributed by atoms with Gasteiger partial charge in [0.2, 0.25) is 0 Å². The van der Waals surface area contributed by atoms with Gasteiger partial charge in [-0.05, 0) is 48.7 Å². The van der Waals surface area contributed by atoms with Gasteiger partial charge in [-0.3, -0.25) is 4.90 Å². The molecular weight excluding hydrogens is 358 g/mol. The quantitative estimate of drug-likeness (QED) is 0.521. The van der Waals surface area contributed by atoms with E-state index in [9.17, 15) is 0 Å². The van der Waals surface area contributed by atoms with Crippen LogP contribution in [-0.4, -0.2) is 29.7 Å². The van der Waals surface area contributed by atoms with Crippen LogP contribution in [-0.2, 0) is 13.1 Å². The van der Waals surface area contributed by atoms with Crippen molar-refractivity contribution < 1.29 is 0 Å². The zero-order chi connectivity index (χ0) is 19.8. The standard InChI is InChI=1S/C26H35NS/c1-28(2,3)20-19-26(25-17-11-6-12-18-25)27(21-23-13-7-4-8-14-23)22-24-15-9-5-10-16-24/h4-5,7-10,13-16,25-26H,6,11-12,17-18,21-22H2,1-3H3/t26-/m0/s1. The Bertz CT molecular complexity index is 719. The van der Waals surface area contributed by atoms with E-state index in [1.54, 1.807) is 0 Å². The number of rotatable bonds is 6. The van der Waals surface area contributed by atoms with Crippen LogP contribution in [0.2, 0.25) is 0 Å². The molecule has 1 fully saturated rings. The van der Waals surface area contributed by atoms with Crippen molar-refractivity contribution in [1.29, 1.82) is 0 Å². The molecule has 1 aliphatic rings. The van der Waals surface area contributed by atoms with Crippen molar-refractivity contribution in [3.05, 3.63) is 71.8 Å². The van der Waals surface area contributed by atoms with E-state index in [1.165, 1.54) is 43.2 Å². The minimum atomic E-state index is -0.825. The first-order valence-electron chi connectivity index (χ1n) is 10.5. The average molecular weight is 394 g/mol. The van der Waals surface area contributed by atoms with Crippen molar-refractivity contribution in [3.63, 3.8) is 0 Å². The molecule has 1 saturated carbocycles. The monoisotopic (exact) mass is 393 g/mol. The summed E-state index contributed by atoms with van der Waals surface area (Å²) in [5.74, 6) is 4.47. The molecule has 1 aliphatic carbocycles. The van der Waals surface area contributed by atoms with Crippen LogP contribution in [0.15, 0.2) is 60.7 Å². The van der Waals surface area contributed by atoms with Gasteiger partial charge in [0, 0.05) is 13.1 Å². The molecule has 0 saturated heterocycles. The number of hydrogen-bond donors (Lipinski definition) is 0. The molecule has 0 bridgehead atoms. The first-order valence-corrected chi connectivity index (χ1v) is 13.4. The fourth-order valence-corrected chi connectivity index (χ4v) is 4.56. The summed E-state index contributed by atoms with van der Waals surface area (Å²) in [6, 6.07) is 22.1. The Labute approximate surface area is 173 Å². The lowest BCUT2D eigenvalue weighted by atomic mass is 9.83. The van der Waals surface area contributed by atoms with Gasteiger partial charge >= 0.3 is 0 Å². The first kappa shape index (κ1) is 21.0. The van der Waals surface area contributed by atoms with Crippen molar-refractivity contribution in [2.45, 2.75) is 51.2 Å². The van der Waals surface area contributed by atoms with Crippen LogP contribution in [0.25, 0.3) is 0 Å². The van der Waals surface area contributed by atoms with Crippen LogP contribution in [0.5, 0.6) is 0 Å². The number of benzene rings is 2. The topological polar surface area (TPSA) is 3.24 Å². The van der Waals surface area contributed by atoms with E-state index in [0.29, 0.717) is 12.0 Å². The smallest absolute Gasteiger partial charge is 0.0757 e. The summed E-state index contributed by atoms with van der Waals surface area (Å²) in [6.07, 6.45) is 13.6. The predicted molar refractivity (Wildman–Crippen MR) is 126 cm³/mol. The fraction of sp³-hybridized carbons (Fsp3) is 0.462. The van der Waals surface area contributed by atoms with Crippen molar-refractivity contribution in [1.82, 2.24) is 4.90 Å². The molecule has 0 heterocycles. The third kappa shape index (κ3) is 6.73. The largest absolute Gasteiger partial charge is 0.281 e. The molecule has 28 heavy (non-hydrogen) atoms. The molecule has 0 aromatic heterocycles. The third-order valence-corrected chi connectivity index (χ3v) is 6.19. The minimum absolute atomic E-state index is 0.340. The lowest BCUT2D eigenvalue weighted by molar-refractivity contribution is 0.141. The first-order chi connectivity index (χ1) is 13.5. The maximum Gasteiger partial charge on any atom is 0.0757 e. The highest BCUT2D eigenvalue weighted by Gasteiger charge is 2.28. The van der Waals surface area contributed by atoms with Crippen molar-refractivity contribution in [3.8, 4) is 11.2 Å². The van der Waals surface area contributed by atoms with E-state index in [1.807, 2.05) is 0 Å². The van der Waals surface area contributed by atoms with Gasteiger partial charge in [-0.1, -0.05) is 91.1 Å². The predicted octanol–water partition coefficient (Wildman–Crippen LogP) is 6.29. The second kappa shape index (κ2) is 10.2. The van der Waals surface area contributed by atoms with Gasteiger partial charge in [0.1, 0.15) is 0 Å².